The van der Waals surface area contributed by atoms with Gasteiger partial charge in [-0.05, 0) is 169 Å². The van der Waals surface area contributed by atoms with Crippen LogP contribution in [0.4, 0.5) is 28.4 Å². The second-order valence-corrected chi connectivity index (χ2v) is 30.5. The summed E-state index contributed by atoms with van der Waals surface area (Å²) in [5, 5.41) is 7.06. The predicted octanol–water partition coefficient (Wildman–Crippen LogP) is 20.8. The van der Waals surface area contributed by atoms with Gasteiger partial charge in [-0.1, -0.05) is 178 Å². The van der Waals surface area contributed by atoms with Crippen molar-refractivity contribution in [1.82, 2.24) is 4.57 Å². The molecule has 3 aliphatic rings. The first-order chi connectivity index (χ1) is 39.7. The van der Waals surface area contributed by atoms with Crippen LogP contribution in [-0.4, -0.2) is 11.4 Å². The monoisotopic (exact) mass is 1100 g/mol. The molecule has 84 heavy (non-hydrogen) atoms. The molecule has 6 heteroatoms. The quantitative estimate of drug-likeness (QED) is 0.165. The fourth-order valence-corrected chi connectivity index (χ4v) is 14.8. The van der Waals surface area contributed by atoms with Crippen molar-refractivity contribution in [3.63, 3.8) is 0 Å². The Morgan fingerprint density at radius 3 is 1.61 bits per heavy atom. The number of hydrogen-bond donors (Lipinski definition) is 0. The van der Waals surface area contributed by atoms with Crippen LogP contribution in [0.1, 0.15) is 157 Å². The van der Waals surface area contributed by atoms with Gasteiger partial charge in [0, 0.05) is 89.7 Å². The molecule has 0 fully saturated rings. The molecule has 5 heterocycles. The van der Waals surface area contributed by atoms with Crippen LogP contribution in [0, 0.1) is 0 Å². The van der Waals surface area contributed by atoms with E-state index in [9.17, 15) is 0 Å². The van der Waals surface area contributed by atoms with Crippen LogP contribution in [0.15, 0.2) is 167 Å². The molecule has 0 radical (unpaired) electrons. The Balaban J connectivity index is 1.06. The van der Waals surface area contributed by atoms with Gasteiger partial charge in [-0.2, -0.15) is 0 Å². The van der Waals surface area contributed by atoms with Gasteiger partial charge in [0.1, 0.15) is 22.3 Å². The summed E-state index contributed by atoms with van der Waals surface area (Å²) in [5.41, 5.74) is 25.8. The van der Waals surface area contributed by atoms with Gasteiger partial charge in [-0.15, -0.1) is 0 Å². The van der Waals surface area contributed by atoms with Crippen LogP contribution in [0.5, 0.6) is 0 Å². The van der Waals surface area contributed by atoms with E-state index in [1.54, 1.807) is 0 Å². The molecule has 0 saturated carbocycles. The van der Waals surface area contributed by atoms with E-state index in [1.807, 2.05) is 0 Å². The highest BCUT2D eigenvalue weighted by molar-refractivity contribution is 6.94. The van der Waals surface area contributed by atoms with Crippen LogP contribution >= 0.6 is 0 Å². The summed E-state index contributed by atoms with van der Waals surface area (Å²) in [6.07, 6.45) is 2.29. The summed E-state index contributed by atoms with van der Waals surface area (Å²) < 4.78 is 17.5. The Hall–Kier alpha value is -7.96. The Bertz CT molecular complexity index is 4690. The maximum atomic E-state index is 7.50. The van der Waals surface area contributed by atoms with Crippen LogP contribution in [0.2, 0.25) is 0 Å². The number of benzene rings is 9. The number of fused-ring (bicyclic) bond motifs is 17. The van der Waals surface area contributed by atoms with Gasteiger partial charge >= 0.3 is 6.85 Å². The third-order valence-electron chi connectivity index (χ3n) is 19.9. The van der Waals surface area contributed by atoms with Gasteiger partial charge in [0.25, 0.3) is 0 Å². The van der Waals surface area contributed by atoms with Gasteiger partial charge < -0.3 is 23.1 Å². The number of hydrogen-bond acceptors (Lipinski definition) is 4. The maximum absolute atomic E-state index is 7.50. The summed E-state index contributed by atoms with van der Waals surface area (Å²) in [7, 11) is 0. The summed E-state index contributed by atoms with van der Waals surface area (Å²) >= 11 is 0. The average molecular weight is 1100 g/mol. The SMILES string of the molecule is CC(C)(C)c1ccc(N2B3c4cc(C(C)(C)C)ccc4-n4c5cc6c(cc5c5c7c(oc8ccccc87)c(c3c54)-c3cc4c(cc32)oc2cc(N(c3ccc(C(C)(C)C)cc3)c3ccc(C(C)(C)C)cc3)ccc24)C(C)(C)CCC6(C)C)cc1. The molecule has 0 N–H and O–H groups in total. The molecule has 5 nitrogen and oxygen atoms in total. The number of furan rings is 2. The lowest BCUT2D eigenvalue weighted by Crippen LogP contribution is -2.60. The van der Waals surface area contributed by atoms with Crippen molar-refractivity contribution in [2.45, 2.75) is 156 Å². The number of rotatable bonds is 4. The average Bonchev–Trinajstić information content (AvgIpc) is 1.43. The molecular weight excluding hydrogens is 1020 g/mol. The molecule has 3 aromatic heterocycles. The zero-order valence-electron chi connectivity index (χ0n) is 52.2. The molecule has 0 amide bonds. The van der Waals surface area contributed by atoms with Crippen molar-refractivity contribution in [1.29, 1.82) is 0 Å². The minimum atomic E-state index is -0.221. The van der Waals surface area contributed by atoms with Crippen LogP contribution in [0.3, 0.4) is 0 Å². The van der Waals surface area contributed by atoms with E-state index in [1.165, 1.54) is 77.2 Å². The first-order valence-corrected chi connectivity index (χ1v) is 30.7. The van der Waals surface area contributed by atoms with Crippen molar-refractivity contribution >= 4 is 112 Å². The molecule has 0 atom stereocenters. The number of aromatic nitrogens is 1. The number of nitrogens with zero attached hydrogens (tertiary/aromatic N) is 3. The summed E-state index contributed by atoms with van der Waals surface area (Å²) in [5.74, 6) is 0. The van der Waals surface area contributed by atoms with Crippen molar-refractivity contribution in [3.05, 3.63) is 191 Å². The van der Waals surface area contributed by atoms with Gasteiger partial charge in [-0.25, -0.2) is 0 Å². The molecule has 0 spiro atoms. The lowest BCUT2D eigenvalue weighted by atomic mass is 9.43. The first-order valence-electron chi connectivity index (χ1n) is 30.7. The molecule has 15 rings (SSSR count). The largest absolute Gasteiger partial charge is 0.456 e. The third kappa shape index (κ3) is 7.73. The van der Waals surface area contributed by atoms with Gasteiger partial charge in [0.2, 0.25) is 0 Å². The first kappa shape index (κ1) is 52.8. The second kappa shape index (κ2) is 17.3. The Labute approximate surface area is 496 Å². The standard InChI is InChI=1S/C78H78BN3O2/c1-73(2,3)45-21-28-49(29-22-45)80(50-30-23-46(24-31-50)74(4,5)6)52-34-35-53-55-41-56-63(44-66(55)83-65(53)40-52)82(51-32-25-47(26-33-51)75(7,8)9)79-60-39-48(76(10,11)12)27-36-61(60)81-62-43-59-58(77(13,14)37-38-78(59,15)16)42-57(62)67-68-54-19-17-18-20-64(54)84-72(68)69(56)70(79)71(67)81/h17-36,39-44H,37-38H2,1-16H3. The Kier molecular flexibility index (Phi) is 10.9. The van der Waals surface area contributed by atoms with E-state index in [4.69, 9.17) is 8.83 Å². The number of para-hydroxylation sites is 1. The molecule has 12 aromatic rings. The zero-order chi connectivity index (χ0) is 58.7. The van der Waals surface area contributed by atoms with Crippen LogP contribution in [-0.2, 0) is 32.5 Å². The lowest BCUT2D eigenvalue weighted by molar-refractivity contribution is 0.332. The molecule has 1 aliphatic carbocycles. The summed E-state index contributed by atoms with van der Waals surface area (Å²) in [4.78, 5) is 5.03. The van der Waals surface area contributed by atoms with Gasteiger partial charge in [0.05, 0.1) is 11.0 Å². The summed E-state index contributed by atoms with van der Waals surface area (Å²) in [6.45, 7) is 37.3. The molecule has 420 valence electrons. The highest BCUT2D eigenvalue weighted by Crippen LogP contribution is 2.55. The highest BCUT2D eigenvalue weighted by atomic mass is 16.3. The highest BCUT2D eigenvalue weighted by Gasteiger charge is 2.48. The van der Waals surface area contributed by atoms with Crippen molar-refractivity contribution in [2.24, 2.45) is 0 Å². The van der Waals surface area contributed by atoms with Crippen molar-refractivity contribution < 1.29 is 8.83 Å². The van der Waals surface area contributed by atoms with E-state index in [0.29, 0.717) is 0 Å². The van der Waals surface area contributed by atoms with E-state index in [-0.39, 0.29) is 39.3 Å². The van der Waals surface area contributed by atoms with Crippen LogP contribution < -0.4 is 20.6 Å². The number of anilines is 5. The fraction of sp³-hybridized carbons (Fsp3) is 0.308. The van der Waals surface area contributed by atoms with Gasteiger partial charge in [-0.3, -0.25) is 0 Å². The van der Waals surface area contributed by atoms with E-state index in [0.717, 1.165) is 90.9 Å². The minimum absolute atomic E-state index is 0.0175. The van der Waals surface area contributed by atoms with E-state index in [2.05, 4.69) is 283 Å². The summed E-state index contributed by atoms with van der Waals surface area (Å²) in [6, 6.07) is 60.6. The van der Waals surface area contributed by atoms with Gasteiger partial charge in [0.15, 0.2) is 0 Å². The fourth-order valence-electron chi connectivity index (χ4n) is 14.8. The van der Waals surface area contributed by atoms with E-state index < -0.39 is 0 Å². The predicted molar refractivity (Wildman–Crippen MR) is 359 cm³/mol. The molecule has 2 aliphatic heterocycles. The molecule has 0 unspecified atom stereocenters. The topological polar surface area (TPSA) is 37.7 Å². The maximum Gasteiger partial charge on any atom is 0.333 e. The molecule has 9 aromatic carbocycles. The zero-order valence-corrected chi connectivity index (χ0v) is 52.2. The lowest BCUT2D eigenvalue weighted by Gasteiger charge is -2.42. The Morgan fingerprint density at radius 1 is 0.452 bits per heavy atom. The third-order valence-corrected chi connectivity index (χ3v) is 19.9. The van der Waals surface area contributed by atoms with Crippen LogP contribution in [0.25, 0.3) is 82.5 Å². The second-order valence-electron chi connectivity index (χ2n) is 30.5. The smallest absolute Gasteiger partial charge is 0.333 e. The molecule has 0 saturated heterocycles. The minimum Gasteiger partial charge on any atom is -0.456 e. The molecule has 0 bridgehead atoms. The van der Waals surface area contributed by atoms with Crippen molar-refractivity contribution in [2.75, 3.05) is 9.71 Å². The van der Waals surface area contributed by atoms with Crippen molar-refractivity contribution in [3.8, 4) is 16.8 Å². The normalized spacial score (nSPS) is 15.7. The molecular formula is C78H78BN3O2. The van der Waals surface area contributed by atoms with E-state index >= 15 is 0 Å². The Morgan fingerprint density at radius 2 is 1.00 bits per heavy atom.